The molecule has 2 rings (SSSR count). The number of benzene rings is 1. The third kappa shape index (κ3) is 1.65. The number of hydrogen-bond acceptors (Lipinski definition) is 2. The Bertz CT molecular complexity index is 504. The van der Waals surface area contributed by atoms with Gasteiger partial charge in [-0.25, -0.2) is 4.79 Å². The Morgan fingerprint density at radius 2 is 2.27 bits per heavy atom. The molecule has 0 aliphatic carbocycles. The number of nitrogens with zero attached hydrogens (tertiary/aromatic N) is 1. The summed E-state index contributed by atoms with van der Waals surface area (Å²) in [6.07, 6.45) is 1.36. The van der Waals surface area contributed by atoms with Gasteiger partial charge in [0.2, 0.25) is 0 Å². The van der Waals surface area contributed by atoms with Crippen molar-refractivity contribution in [1.82, 2.24) is 4.57 Å². The van der Waals surface area contributed by atoms with Gasteiger partial charge in [0.25, 0.3) is 0 Å². The summed E-state index contributed by atoms with van der Waals surface area (Å²) in [6, 6.07) is 7.83. The number of halogens is 1. The minimum atomic E-state index is -0.363. The predicted octanol–water partition coefficient (Wildman–Crippen LogP) is 3.15. The third-order valence-electron chi connectivity index (χ3n) is 2.31. The van der Waals surface area contributed by atoms with E-state index in [4.69, 9.17) is 4.74 Å². The first-order chi connectivity index (χ1) is 7.27. The summed E-state index contributed by atoms with van der Waals surface area (Å²) in [5, 5.41) is 1.75. The van der Waals surface area contributed by atoms with Gasteiger partial charge in [-0.2, -0.15) is 0 Å². The summed E-state index contributed by atoms with van der Waals surface area (Å²) in [5.41, 5.74) is 1.98. The van der Waals surface area contributed by atoms with E-state index >= 15 is 0 Å². The van der Waals surface area contributed by atoms with Crippen LogP contribution in [0.25, 0.3) is 10.9 Å². The predicted molar refractivity (Wildman–Crippen MR) is 62.4 cm³/mol. The largest absolute Gasteiger partial charge is 0.452 e. The lowest BCUT2D eigenvalue weighted by Gasteiger charge is -2.05. The number of ether oxygens (including phenoxy) is 1. The molecule has 0 fully saturated rings. The highest BCUT2D eigenvalue weighted by Gasteiger charge is 2.11. The van der Waals surface area contributed by atoms with Crippen LogP contribution in [-0.2, 0) is 10.1 Å². The zero-order chi connectivity index (χ0) is 10.8. The zero-order valence-electron chi connectivity index (χ0n) is 8.24. The van der Waals surface area contributed by atoms with Gasteiger partial charge in [-0.3, -0.25) is 4.57 Å². The Hall–Kier alpha value is -1.29. The van der Waals surface area contributed by atoms with Crippen LogP contribution in [0.15, 0.2) is 30.5 Å². The van der Waals surface area contributed by atoms with Crippen LogP contribution in [0.1, 0.15) is 5.56 Å². The van der Waals surface area contributed by atoms with E-state index in [1.165, 1.54) is 11.7 Å². The average molecular weight is 268 g/mol. The molecule has 78 valence electrons. The van der Waals surface area contributed by atoms with E-state index in [0.29, 0.717) is 5.33 Å². The zero-order valence-corrected chi connectivity index (χ0v) is 9.82. The maximum atomic E-state index is 11.5. The molecule has 15 heavy (non-hydrogen) atoms. The van der Waals surface area contributed by atoms with Crippen LogP contribution in [0.3, 0.4) is 0 Å². The Morgan fingerprint density at radius 3 is 2.93 bits per heavy atom. The second-order valence-electron chi connectivity index (χ2n) is 3.14. The van der Waals surface area contributed by atoms with Crippen LogP contribution in [0.4, 0.5) is 4.79 Å². The van der Waals surface area contributed by atoms with Crippen molar-refractivity contribution in [2.75, 3.05) is 7.11 Å². The minimum Gasteiger partial charge on any atom is -0.452 e. The molecule has 1 heterocycles. The molecule has 0 bridgehead atoms. The van der Waals surface area contributed by atoms with Crippen molar-refractivity contribution >= 4 is 32.9 Å². The van der Waals surface area contributed by atoms with Crippen LogP contribution in [0, 0.1) is 0 Å². The van der Waals surface area contributed by atoms with E-state index in [1.54, 1.807) is 6.20 Å². The first-order valence-electron chi connectivity index (χ1n) is 4.51. The first kappa shape index (κ1) is 10.2. The number of hydrogen-bond donors (Lipinski definition) is 0. The summed E-state index contributed by atoms with van der Waals surface area (Å²) in [5.74, 6) is 0. The van der Waals surface area contributed by atoms with Crippen molar-refractivity contribution in [1.29, 1.82) is 0 Å². The highest BCUT2D eigenvalue weighted by Crippen LogP contribution is 2.22. The van der Waals surface area contributed by atoms with Crippen LogP contribution in [-0.4, -0.2) is 17.8 Å². The fourth-order valence-electron chi connectivity index (χ4n) is 1.63. The molecule has 0 aliphatic heterocycles. The average Bonchev–Trinajstić information content (AvgIpc) is 2.71. The molecule has 0 atom stereocenters. The lowest BCUT2D eigenvalue weighted by atomic mass is 10.2. The molecule has 0 radical (unpaired) electrons. The van der Waals surface area contributed by atoms with Crippen molar-refractivity contribution < 1.29 is 9.53 Å². The number of carbonyl (C=O) groups is 1. The normalized spacial score (nSPS) is 10.5. The van der Waals surface area contributed by atoms with E-state index in [2.05, 4.69) is 15.9 Å². The lowest BCUT2D eigenvalue weighted by Crippen LogP contribution is -2.10. The maximum Gasteiger partial charge on any atom is 0.418 e. The number of rotatable bonds is 1. The molecule has 0 unspecified atom stereocenters. The van der Waals surface area contributed by atoms with Gasteiger partial charge >= 0.3 is 6.09 Å². The van der Waals surface area contributed by atoms with Gasteiger partial charge in [0.15, 0.2) is 0 Å². The standard InChI is InChI=1S/C11H10BrNO2/c1-15-11(14)13-6-5-8-3-2-4-9(7-12)10(8)13/h2-6H,7H2,1H3. The van der Waals surface area contributed by atoms with Crippen molar-refractivity contribution in [2.24, 2.45) is 0 Å². The minimum absolute atomic E-state index is 0.363. The summed E-state index contributed by atoms with van der Waals surface area (Å²) in [6.45, 7) is 0. The fourth-order valence-corrected chi connectivity index (χ4v) is 2.08. The SMILES string of the molecule is COC(=O)n1ccc2cccc(CBr)c21. The Morgan fingerprint density at radius 1 is 1.47 bits per heavy atom. The molecule has 0 amide bonds. The van der Waals surface area contributed by atoms with Gasteiger partial charge < -0.3 is 4.74 Å². The Kier molecular flexibility index (Phi) is 2.77. The van der Waals surface area contributed by atoms with Crippen LogP contribution < -0.4 is 0 Å². The lowest BCUT2D eigenvalue weighted by molar-refractivity contribution is 0.174. The molecule has 1 aromatic heterocycles. The van der Waals surface area contributed by atoms with Gasteiger partial charge in [0.1, 0.15) is 0 Å². The first-order valence-corrected chi connectivity index (χ1v) is 5.63. The number of methoxy groups -OCH3 is 1. The summed E-state index contributed by atoms with van der Waals surface area (Å²) in [7, 11) is 1.38. The highest BCUT2D eigenvalue weighted by atomic mass is 79.9. The quantitative estimate of drug-likeness (QED) is 0.744. The van der Waals surface area contributed by atoms with Gasteiger partial charge in [0.05, 0.1) is 12.6 Å². The van der Waals surface area contributed by atoms with Gasteiger partial charge in [-0.05, 0) is 11.6 Å². The molecule has 0 aliphatic rings. The van der Waals surface area contributed by atoms with Gasteiger partial charge in [-0.1, -0.05) is 34.1 Å². The van der Waals surface area contributed by atoms with Gasteiger partial charge in [-0.15, -0.1) is 0 Å². The van der Waals surface area contributed by atoms with Crippen LogP contribution in [0.2, 0.25) is 0 Å². The fraction of sp³-hybridized carbons (Fsp3) is 0.182. The number of fused-ring (bicyclic) bond motifs is 1. The smallest absolute Gasteiger partial charge is 0.418 e. The molecule has 4 heteroatoms. The highest BCUT2D eigenvalue weighted by molar-refractivity contribution is 9.08. The second-order valence-corrected chi connectivity index (χ2v) is 3.71. The molecule has 0 spiro atoms. The molecule has 2 aromatic rings. The summed E-state index contributed by atoms with van der Waals surface area (Å²) < 4.78 is 6.23. The number of alkyl halides is 1. The maximum absolute atomic E-state index is 11.5. The molecule has 3 nitrogen and oxygen atoms in total. The number of aromatic nitrogens is 1. The topological polar surface area (TPSA) is 31.2 Å². The molecule has 0 N–H and O–H groups in total. The van der Waals surface area contributed by atoms with Crippen LogP contribution in [0.5, 0.6) is 0 Å². The monoisotopic (exact) mass is 267 g/mol. The molecule has 1 aromatic carbocycles. The van der Waals surface area contributed by atoms with Crippen LogP contribution >= 0.6 is 15.9 Å². The van der Waals surface area contributed by atoms with Gasteiger partial charge in [0, 0.05) is 16.9 Å². The number of para-hydroxylation sites is 1. The second kappa shape index (κ2) is 4.06. The third-order valence-corrected chi connectivity index (χ3v) is 2.91. The van der Waals surface area contributed by atoms with E-state index in [9.17, 15) is 4.79 Å². The van der Waals surface area contributed by atoms with Crippen molar-refractivity contribution in [3.63, 3.8) is 0 Å². The molecule has 0 saturated carbocycles. The van der Waals surface area contributed by atoms with Crippen molar-refractivity contribution in [3.8, 4) is 0 Å². The van der Waals surface area contributed by atoms with E-state index in [0.717, 1.165) is 16.5 Å². The van der Waals surface area contributed by atoms with Crippen molar-refractivity contribution in [2.45, 2.75) is 5.33 Å². The summed E-state index contributed by atoms with van der Waals surface area (Å²) >= 11 is 3.40. The molecular weight excluding hydrogens is 258 g/mol. The van der Waals surface area contributed by atoms with Crippen molar-refractivity contribution in [3.05, 3.63) is 36.0 Å². The summed E-state index contributed by atoms with van der Waals surface area (Å²) in [4.78, 5) is 11.5. The molecule has 0 saturated heterocycles. The Labute approximate surface area is 95.8 Å². The van der Waals surface area contributed by atoms with E-state index in [-0.39, 0.29) is 6.09 Å². The molecular formula is C11H10BrNO2. The Balaban J connectivity index is 2.71. The van der Waals surface area contributed by atoms with E-state index < -0.39 is 0 Å². The number of carbonyl (C=O) groups excluding carboxylic acids is 1. The van der Waals surface area contributed by atoms with E-state index in [1.807, 2.05) is 24.3 Å².